The minimum atomic E-state index is -4.30. The molecule has 0 radical (unpaired) electrons. The first-order chi connectivity index (χ1) is 9.95. The second-order valence-electron chi connectivity index (χ2n) is 5.24. The van der Waals surface area contributed by atoms with Crippen molar-refractivity contribution in [2.45, 2.75) is 58.0 Å². The Morgan fingerprint density at radius 1 is 1.00 bits per heavy atom. The minimum Gasteiger partial charge on any atom is -0.384 e. The van der Waals surface area contributed by atoms with Crippen LogP contribution < -0.4 is 5.32 Å². The molecule has 0 aromatic heterocycles. The lowest BCUT2D eigenvalue weighted by molar-refractivity contribution is -0.137. The minimum absolute atomic E-state index is 0.510. The summed E-state index contributed by atoms with van der Waals surface area (Å²) in [6.07, 6.45) is 4.06. The highest BCUT2D eigenvalue weighted by Gasteiger charge is 2.30. The van der Waals surface area contributed by atoms with Gasteiger partial charge in [0.15, 0.2) is 0 Å². The van der Waals surface area contributed by atoms with Crippen molar-refractivity contribution >= 4 is 21.6 Å². The number of nitrogens with one attached hydrogen (secondary N) is 1. The number of hydrogen-bond acceptors (Lipinski definition) is 1. The van der Waals surface area contributed by atoms with E-state index in [9.17, 15) is 13.2 Å². The summed E-state index contributed by atoms with van der Waals surface area (Å²) in [4.78, 5) is 0. The lowest BCUT2D eigenvalue weighted by Gasteiger charge is -2.12. The molecule has 0 aliphatic carbocycles. The quantitative estimate of drug-likeness (QED) is 0.484. The van der Waals surface area contributed by atoms with Gasteiger partial charge < -0.3 is 5.32 Å². The SMILES string of the molecule is CCCCCCCCCNc1cc(C(F)(F)F)ccc1Br. The summed E-state index contributed by atoms with van der Waals surface area (Å²) in [5.74, 6) is 0. The van der Waals surface area contributed by atoms with Crippen LogP contribution in [-0.2, 0) is 6.18 Å². The summed E-state index contributed by atoms with van der Waals surface area (Å²) in [7, 11) is 0. The van der Waals surface area contributed by atoms with Gasteiger partial charge in [0, 0.05) is 16.7 Å². The maximum absolute atomic E-state index is 12.6. The molecular weight excluding hydrogens is 343 g/mol. The molecule has 0 fully saturated rings. The molecule has 0 heterocycles. The Morgan fingerprint density at radius 2 is 1.62 bits per heavy atom. The molecule has 0 saturated heterocycles. The zero-order chi connectivity index (χ0) is 15.7. The molecule has 0 saturated carbocycles. The van der Waals surface area contributed by atoms with Gasteiger partial charge in [-0.15, -0.1) is 0 Å². The van der Waals surface area contributed by atoms with E-state index in [4.69, 9.17) is 0 Å². The highest BCUT2D eigenvalue weighted by atomic mass is 79.9. The second kappa shape index (κ2) is 9.34. The van der Waals surface area contributed by atoms with Gasteiger partial charge >= 0.3 is 6.18 Å². The normalized spacial score (nSPS) is 11.7. The molecule has 0 unspecified atom stereocenters. The predicted molar refractivity (Wildman–Crippen MR) is 85.6 cm³/mol. The Morgan fingerprint density at radius 3 is 2.24 bits per heavy atom. The van der Waals surface area contributed by atoms with Crippen molar-refractivity contribution in [1.29, 1.82) is 0 Å². The van der Waals surface area contributed by atoms with Crippen LogP contribution in [0.1, 0.15) is 57.4 Å². The third-order valence-corrected chi connectivity index (χ3v) is 4.08. The third-order valence-electron chi connectivity index (χ3n) is 3.39. The molecule has 1 N–H and O–H groups in total. The van der Waals surface area contributed by atoms with Gasteiger partial charge in [-0.05, 0) is 40.5 Å². The first kappa shape index (κ1) is 18.3. The molecule has 1 nitrogen and oxygen atoms in total. The van der Waals surface area contributed by atoms with Crippen molar-refractivity contribution in [1.82, 2.24) is 0 Å². The van der Waals surface area contributed by atoms with Crippen LogP contribution in [-0.4, -0.2) is 6.54 Å². The van der Waals surface area contributed by atoms with Crippen LogP contribution in [0.15, 0.2) is 22.7 Å². The molecule has 0 amide bonds. The zero-order valence-corrected chi connectivity index (χ0v) is 14.0. The van der Waals surface area contributed by atoms with Crippen molar-refractivity contribution in [3.05, 3.63) is 28.2 Å². The van der Waals surface area contributed by atoms with Crippen molar-refractivity contribution in [2.75, 3.05) is 11.9 Å². The van der Waals surface area contributed by atoms with Gasteiger partial charge in [0.2, 0.25) is 0 Å². The molecule has 1 aromatic carbocycles. The Labute approximate surface area is 133 Å². The summed E-state index contributed by atoms with van der Waals surface area (Å²) >= 11 is 3.28. The second-order valence-corrected chi connectivity index (χ2v) is 6.09. The lowest BCUT2D eigenvalue weighted by Crippen LogP contribution is -2.07. The Balaban J connectivity index is 2.32. The fourth-order valence-electron chi connectivity index (χ4n) is 2.14. The summed E-state index contributed by atoms with van der Waals surface area (Å²) in [6, 6.07) is 3.68. The average molecular weight is 366 g/mol. The van der Waals surface area contributed by atoms with E-state index in [0.717, 1.165) is 25.0 Å². The van der Waals surface area contributed by atoms with E-state index >= 15 is 0 Å². The maximum atomic E-state index is 12.6. The molecule has 1 rings (SSSR count). The first-order valence-corrected chi connectivity index (χ1v) is 8.35. The number of hydrogen-bond donors (Lipinski definition) is 1. The van der Waals surface area contributed by atoms with E-state index in [0.29, 0.717) is 16.7 Å². The highest BCUT2D eigenvalue weighted by Crippen LogP contribution is 2.33. The molecule has 0 spiro atoms. The number of anilines is 1. The smallest absolute Gasteiger partial charge is 0.384 e. The average Bonchev–Trinajstić information content (AvgIpc) is 2.42. The van der Waals surface area contributed by atoms with E-state index in [-0.39, 0.29) is 0 Å². The number of alkyl halides is 3. The summed E-state index contributed by atoms with van der Waals surface area (Å²) in [6.45, 7) is 2.89. The van der Waals surface area contributed by atoms with Gasteiger partial charge in [-0.1, -0.05) is 45.4 Å². The number of rotatable bonds is 9. The van der Waals surface area contributed by atoms with E-state index in [1.807, 2.05) is 0 Å². The lowest BCUT2D eigenvalue weighted by atomic mass is 10.1. The summed E-state index contributed by atoms with van der Waals surface area (Å²) in [5.41, 5.74) is -0.108. The standard InChI is InChI=1S/C16H23BrF3N/c1-2-3-4-5-6-7-8-11-21-15-12-13(16(18,19)20)9-10-14(15)17/h9-10,12,21H,2-8,11H2,1H3. The van der Waals surface area contributed by atoms with Crippen molar-refractivity contribution in [2.24, 2.45) is 0 Å². The largest absolute Gasteiger partial charge is 0.416 e. The Hall–Kier alpha value is -0.710. The maximum Gasteiger partial charge on any atom is 0.416 e. The Bertz CT molecular complexity index is 418. The van der Waals surface area contributed by atoms with Crippen molar-refractivity contribution in [3.8, 4) is 0 Å². The van der Waals surface area contributed by atoms with Crippen LogP contribution in [0.3, 0.4) is 0 Å². The molecule has 0 aliphatic heterocycles. The summed E-state index contributed by atoms with van der Waals surface area (Å²) in [5, 5.41) is 3.08. The Kier molecular flexibility index (Phi) is 8.15. The first-order valence-electron chi connectivity index (χ1n) is 7.55. The third kappa shape index (κ3) is 7.21. The zero-order valence-electron chi connectivity index (χ0n) is 12.4. The van der Waals surface area contributed by atoms with Crippen LogP contribution in [0.2, 0.25) is 0 Å². The van der Waals surface area contributed by atoms with Crippen molar-refractivity contribution in [3.63, 3.8) is 0 Å². The fourth-order valence-corrected chi connectivity index (χ4v) is 2.53. The molecule has 0 aliphatic rings. The van der Waals surface area contributed by atoms with Gasteiger partial charge in [-0.3, -0.25) is 0 Å². The van der Waals surface area contributed by atoms with Gasteiger partial charge in [0.05, 0.1) is 5.56 Å². The topological polar surface area (TPSA) is 12.0 Å². The molecule has 0 atom stereocenters. The van der Waals surface area contributed by atoms with Gasteiger partial charge in [-0.2, -0.15) is 13.2 Å². The molecule has 1 aromatic rings. The predicted octanol–water partition coefficient (Wildman–Crippen LogP) is 6.63. The number of benzene rings is 1. The van der Waals surface area contributed by atoms with Crippen LogP contribution in [0, 0.1) is 0 Å². The van der Waals surface area contributed by atoms with E-state index in [1.54, 1.807) is 0 Å². The summed E-state index contributed by atoms with van der Waals surface area (Å²) < 4.78 is 38.6. The number of unbranched alkanes of at least 4 members (excludes halogenated alkanes) is 6. The highest BCUT2D eigenvalue weighted by molar-refractivity contribution is 9.10. The number of halogens is 4. The molecule has 0 bridgehead atoms. The van der Waals surface area contributed by atoms with Crippen LogP contribution in [0.4, 0.5) is 18.9 Å². The van der Waals surface area contributed by atoms with Crippen LogP contribution >= 0.6 is 15.9 Å². The van der Waals surface area contributed by atoms with Crippen LogP contribution in [0.5, 0.6) is 0 Å². The van der Waals surface area contributed by atoms with E-state index < -0.39 is 11.7 Å². The van der Waals surface area contributed by atoms with Gasteiger partial charge in [0.1, 0.15) is 0 Å². The van der Waals surface area contributed by atoms with E-state index in [2.05, 4.69) is 28.2 Å². The van der Waals surface area contributed by atoms with E-state index in [1.165, 1.54) is 38.2 Å². The molecule has 5 heteroatoms. The molecule has 120 valence electrons. The van der Waals surface area contributed by atoms with Gasteiger partial charge in [0.25, 0.3) is 0 Å². The van der Waals surface area contributed by atoms with Gasteiger partial charge in [-0.25, -0.2) is 0 Å². The molecular formula is C16H23BrF3N. The monoisotopic (exact) mass is 365 g/mol. The molecule has 21 heavy (non-hydrogen) atoms. The fraction of sp³-hybridized carbons (Fsp3) is 0.625. The van der Waals surface area contributed by atoms with Crippen LogP contribution in [0.25, 0.3) is 0 Å². The van der Waals surface area contributed by atoms with Crippen molar-refractivity contribution < 1.29 is 13.2 Å².